The van der Waals surface area contributed by atoms with Crippen molar-refractivity contribution in [2.24, 2.45) is 11.7 Å². The molecule has 6 N–H and O–H groups in total. The Morgan fingerprint density at radius 3 is 2.26 bits per heavy atom. The van der Waals surface area contributed by atoms with Gasteiger partial charge in [-0.3, -0.25) is 0 Å². The molecule has 2 atom stereocenters. The van der Waals surface area contributed by atoms with Crippen LogP contribution in [0, 0.1) is 5.92 Å². The molecule has 1 aromatic rings. The van der Waals surface area contributed by atoms with Crippen molar-refractivity contribution in [3.63, 3.8) is 0 Å². The molecule has 0 amide bonds. The summed E-state index contributed by atoms with van der Waals surface area (Å²) in [6, 6.07) is 6.26. The predicted octanol–water partition coefficient (Wildman–Crippen LogP) is 4.11. The summed E-state index contributed by atoms with van der Waals surface area (Å²) < 4.78 is 0. The summed E-state index contributed by atoms with van der Waals surface area (Å²) >= 11 is 0. The number of rotatable bonds is 16. The molecule has 1 rings (SSSR count). The second-order valence-electron chi connectivity index (χ2n) is 7.58. The highest BCUT2D eigenvalue weighted by Crippen LogP contribution is 2.27. The third-order valence-corrected chi connectivity index (χ3v) is 4.85. The summed E-state index contributed by atoms with van der Waals surface area (Å²) in [5, 5.41) is 21.0. The molecule has 0 saturated carbocycles. The van der Waals surface area contributed by atoms with Crippen LogP contribution in [0.15, 0.2) is 18.2 Å². The summed E-state index contributed by atoms with van der Waals surface area (Å²) in [5.74, 6) is 0.415. The number of aliphatic hydroxyl groups excluding tert-OH is 1. The molecule has 156 valence electrons. The SMILES string of the molecule is CCCCCNc1ccc(C(O)CNCC(C)CN)c(NCCCCC)c1. The lowest BCUT2D eigenvalue weighted by atomic mass is 10.0. The standard InChI is InChI=1S/C22H42N4O/c1-4-6-8-12-25-19-10-11-20(21(14-19)26-13-9-7-5-2)22(27)17-24-16-18(3)15-23/h10-11,14,18,22,24-27H,4-9,12-13,15-17,23H2,1-3H3. The molecule has 2 unspecified atom stereocenters. The number of anilines is 2. The first-order valence-corrected chi connectivity index (χ1v) is 10.8. The number of hydrogen-bond donors (Lipinski definition) is 5. The van der Waals surface area contributed by atoms with Gasteiger partial charge in [0.15, 0.2) is 0 Å². The van der Waals surface area contributed by atoms with Gasteiger partial charge in [-0.1, -0.05) is 52.5 Å². The molecule has 0 aliphatic rings. The van der Waals surface area contributed by atoms with E-state index in [1.807, 2.05) is 6.07 Å². The predicted molar refractivity (Wildman–Crippen MR) is 119 cm³/mol. The molecule has 0 fully saturated rings. The van der Waals surface area contributed by atoms with Gasteiger partial charge in [0.2, 0.25) is 0 Å². The average Bonchev–Trinajstić information content (AvgIpc) is 2.68. The molecule has 0 aliphatic carbocycles. The van der Waals surface area contributed by atoms with E-state index in [0.29, 0.717) is 19.0 Å². The number of nitrogens with one attached hydrogen (secondary N) is 3. The maximum absolute atomic E-state index is 10.7. The first-order chi connectivity index (χ1) is 13.1. The second kappa shape index (κ2) is 14.7. The first kappa shape index (κ1) is 23.7. The lowest BCUT2D eigenvalue weighted by Gasteiger charge is -2.20. The Morgan fingerprint density at radius 2 is 1.63 bits per heavy atom. The molecule has 0 aromatic heterocycles. The molecule has 27 heavy (non-hydrogen) atoms. The van der Waals surface area contributed by atoms with Crippen LogP contribution >= 0.6 is 0 Å². The summed E-state index contributed by atoms with van der Waals surface area (Å²) in [7, 11) is 0. The van der Waals surface area contributed by atoms with E-state index in [-0.39, 0.29) is 0 Å². The fourth-order valence-electron chi connectivity index (χ4n) is 2.98. The van der Waals surface area contributed by atoms with Crippen LogP contribution in [0.2, 0.25) is 0 Å². The first-order valence-electron chi connectivity index (χ1n) is 10.8. The van der Waals surface area contributed by atoms with Crippen molar-refractivity contribution in [1.82, 2.24) is 5.32 Å². The number of hydrogen-bond acceptors (Lipinski definition) is 5. The molecule has 0 saturated heterocycles. The van der Waals surface area contributed by atoms with E-state index in [9.17, 15) is 5.11 Å². The van der Waals surface area contributed by atoms with Crippen LogP contribution in [0.25, 0.3) is 0 Å². The van der Waals surface area contributed by atoms with E-state index in [1.165, 1.54) is 32.1 Å². The van der Waals surface area contributed by atoms with E-state index in [4.69, 9.17) is 5.73 Å². The molecule has 0 radical (unpaired) electrons. The zero-order valence-electron chi connectivity index (χ0n) is 17.7. The van der Waals surface area contributed by atoms with E-state index in [0.717, 1.165) is 43.0 Å². The molecule has 0 bridgehead atoms. The summed E-state index contributed by atoms with van der Waals surface area (Å²) in [6.07, 6.45) is 6.71. The van der Waals surface area contributed by atoms with E-state index in [2.05, 4.69) is 48.9 Å². The van der Waals surface area contributed by atoms with Crippen molar-refractivity contribution in [3.8, 4) is 0 Å². The number of nitrogens with two attached hydrogens (primary N) is 1. The van der Waals surface area contributed by atoms with E-state index in [1.54, 1.807) is 0 Å². The van der Waals surface area contributed by atoms with Crippen LogP contribution in [0.3, 0.4) is 0 Å². The van der Waals surface area contributed by atoms with Crippen molar-refractivity contribution >= 4 is 11.4 Å². The molecular weight excluding hydrogens is 336 g/mol. The van der Waals surface area contributed by atoms with Crippen LogP contribution in [-0.2, 0) is 0 Å². The minimum absolute atomic E-state index is 0.415. The van der Waals surface area contributed by atoms with Gasteiger partial charge in [-0.15, -0.1) is 0 Å². The quantitative estimate of drug-likeness (QED) is 0.280. The largest absolute Gasteiger partial charge is 0.387 e. The van der Waals surface area contributed by atoms with Crippen molar-refractivity contribution < 1.29 is 5.11 Å². The minimum Gasteiger partial charge on any atom is -0.387 e. The Bertz CT molecular complexity index is 495. The van der Waals surface area contributed by atoms with Gasteiger partial charge in [0.25, 0.3) is 0 Å². The second-order valence-corrected chi connectivity index (χ2v) is 7.58. The molecule has 0 aliphatic heterocycles. The minimum atomic E-state index is -0.530. The number of benzene rings is 1. The Labute approximate surface area is 166 Å². The Morgan fingerprint density at radius 1 is 0.963 bits per heavy atom. The van der Waals surface area contributed by atoms with Crippen molar-refractivity contribution in [1.29, 1.82) is 0 Å². The monoisotopic (exact) mass is 378 g/mol. The van der Waals surface area contributed by atoms with Crippen molar-refractivity contribution in [2.45, 2.75) is 65.4 Å². The number of unbranched alkanes of at least 4 members (excludes halogenated alkanes) is 4. The fraction of sp³-hybridized carbons (Fsp3) is 0.727. The van der Waals surface area contributed by atoms with Crippen LogP contribution in [-0.4, -0.2) is 37.8 Å². The highest BCUT2D eigenvalue weighted by Gasteiger charge is 2.13. The van der Waals surface area contributed by atoms with Crippen LogP contribution in [0.5, 0.6) is 0 Å². The van der Waals surface area contributed by atoms with Gasteiger partial charge in [0.1, 0.15) is 0 Å². The van der Waals surface area contributed by atoms with Gasteiger partial charge in [-0.2, -0.15) is 0 Å². The Kier molecular flexibility index (Phi) is 12.9. The Hall–Kier alpha value is -1.30. The van der Waals surface area contributed by atoms with Gasteiger partial charge in [0, 0.05) is 36.6 Å². The van der Waals surface area contributed by atoms with E-state index >= 15 is 0 Å². The zero-order chi connectivity index (χ0) is 19.9. The molecule has 0 spiro atoms. The molecule has 5 nitrogen and oxygen atoms in total. The maximum Gasteiger partial charge on any atom is 0.0934 e. The highest BCUT2D eigenvalue weighted by atomic mass is 16.3. The normalized spacial score (nSPS) is 13.4. The van der Waals surface area contributed by atoms with Gasteiger partial charge >= 0.3 is 0 Å². The summed E-state index contributed by atoms with van der Waals surface area (Å²) in [5.41, 5.74) is 8.77. The van der Waals surface area contributed by atoms with Gasteiger partial charge in [0.05, 0.1) is 6.10 Å². The van der Waals surface area contributed by atoms with Gasteiger partial charge in [-0.05, 0) is 44.0 Å². The van der Waals surface area contributed by atoms with Crippen LogP contribution in [0.4, 0.5) is 11.4 Å². The maximum atomic E-state index is 10.7. The fourth-order valence-corrected chi connectivity index (χ4v) is 2.98. The van der Waals surface area contributed by atoms with Gasteiger partial charge < -0.3 is 26.8 Å². The van der Waals surface area contributed by atoms with E-state index < -0.39 is 6.10 Å². The smallest absolute Gasteiger partial charge is 0.0934 e. The van der Waals surface area contributed by atoms with Crippen LogP contribution < -0.4 is 21.7 Å². The molecule has 0 heterocycles. The average molecular weight is 379 g/mol. The van der Waals surface area contributed by atoms with Gasteiger partial charge in [-0.25, -0.2) is 0 Å². The highest BCUT2D eigenvalue weighted by molar-refractivity contribution is 5.62. The number of aliphatic hydroxyl groups is 1. The lowest BCUT2D eigenvalue weighted by molar-refractivity contribution is 0.174. The Balaban J connectivity index is 2.70. The topological polar surface area (TPSA) is 82.3 Å². The molecule has 5 heteroatoms. The molecule has 1 aromatic carbocycles. The third kappa shape index (κ3) is 9.99. The van der Waals surface area contributed by atoms with Crippen LogP contribution in [0.1, 0.15) is 71.0 Å². The molecular formula is C22H42N4O. The summed E-state index contributed by atoms with van der Waals surface area (Å²) in [6.45, 7) is 10.5. The zero-order valence-corrected chi connectivity index (χ0v) is 17.7. The third-order valence-electron chi connectivity index (χ3n) is 4.85. The van der Waals surface area contributed by atoms with Crippen molar-refractivity contribution in [3.05, 3.63) is 23.8 Å². The lowest BCUT2D eigenvalue weighted by Crippen LogP contribution is -2.29. The van der Waals surface area contributed by atoms with Crippen molar-refractivity contribution in [2.75, 3.05) is 43.4 Å². The summed E-state index contributed by atoms with van der Waals surface area (Å²) in [4.78, 5) is 0.